The summed E-state index contributed by atoms with van der Waals surface area (Å²) in [5.41, 5.74) is 5.63. The maximum Gasteiger partial charge on any atom is 0.425 e. The average Bonchev–Trinajstić information content (AvgIpc) is 2.17. The summed E-state index contributed by atoms with van der Waals surface area (Å²) < 4.78 is 41.2. The minimum absolute atomic E-state index is 0.0924. The van der Waals surface area contributed by atoms with Crippen molar-refractivity contribution in [1.82, 2.24) is 0 Å². The number of alkyl halides is 3. The first-order chi connectivity index (χ1) is 7.30. The number of benzene rings is 1. The van der Waals surface area contributed by atoms with Gasteiger partial charge >= 0.3 is 6.18 Å². The molecule has 0 saturated carbocycles. The fourth-order valence-corrected chi connectivity index (χ4v) is 0.984. The quantitative estimate of drug-likeness (QED) is 0.620. The molecule has 0 spiro atoms. The summed E-state index contributed by atoms with van der Waals surface area (Å²) in [6, 6.07) is 5.56. The lowest BCUT2D eigenvalue weighted by atomic mass is 10.2. The van der Waals surface area contributed by atoms with Gasteiger partial charge in [0.05, 0.1) is 0 Å². The van der Waals surface area contributed by atoms with E-state index in [4.69, 9.17) is 11.1 Å². The third-order valence-electron chi connectivity index (χ3n) is 1.94. The second-order valence-corrected chi connectivity index (χ2v) is 3.24. The lowest BCUT2D eigenvalue weighted by Gasteiger charge is -2.17. The van der Waals surface area contributed by atoms with Crippen molar-refractivity contribution in [2.24, 2.45) is 5.73 Å². The first-order valence-corrected chi connectivity index (χ1v) is 4.48. The van der Waals surface area contributed by atoms with E-state index in [0.717, 1.165) is 6.92 Å². The van der Waals surface area contributed by atoms with Gasteiger partial charge in [-0.1, -0.05) is 0 Å². The van der Waals surface area contributed by atoms with Crippen molar-refractivity contribution in [1.29, 1.82) is 5.41 Å². The van der Waals surface area contributed by atoms with E-state index >= 15 is 0 Å². The molecule has 0 aliphatic heterocycles. The summed E-state index contributed by atoms with van der Waals surface area (Å²) in [6.45, 7) is 0.929. The van der Waals surface area contributed by atoms with Gasteiger partial charge < -0.3 is 10.5 Å². The number of rotatable bonds is 3. The molecule has 1 aromatic carbocycles. The Hall–Kier alpha value is -1.72. The van der Waals surface area contributed by atoms with Crippen molar-refractivity contribution < 1.29 is 17.9 Å². The molecule has 0 radical (unpaired) electrons. The molecule has 1 rings (SSSR count). The van der Waals surface area contributed by atoms with Crippen molar-refractivity contribution in [2.75, 3.05) is 0 Å². The van der Waals surface area contributed by atoms with Gasteiger partial charge in [0.2, 0.25) is 0 Å². The molecule has 1 unspecified atom stereocenters. The smallest absolute Gasteiger partial charge is 0.425 e. The van der Waals surface area contributed by atoms with Gasteiger partial charge in [-0.05, 0) is 31.2 Å². The number of hydrogen-bond acceptors (Lipinski definition) is 2. The predicted molar refractivity (Wildman–Crippen MR) is 53.6 cm³/mol. The molecule has 16 heavy (non-hydrogen) atoms. The van der Waals surface area contributed by atoms with Crippen LogP contribution in [-0.4, -0.2) is 18.1 Å². The van der Waals surface area contributed by atoms with E-state index in [0.29, 0.717) is 5.56 Å². The van der Waals surface area contributed by atoms with Gasteiger partial charge in [0.25, 0.3) is 0 Å². The highest BCUT2D eigenvalue weighted by molar-refractivity contribution is 5.94. The number of nitrogens with one attached hydrogen (secondary N) is 1. The van der Waals surface area contributed by atoms with Gasteiger partial charge in [0.15, 0.2) is 6.10 Å². The van der Waals surface area contributed by atoms with Crippen LogP contribution >= 0.6 is 0 Å². The van der Waals surface area contributed by atoms with Crippen LogP contribution in [0.3, 0.4) is 0 Å². The minimum Gasteiger partial charge on any atom is -0.481 e. The maximum absolute atomic E-state index is 12.2. The Morgan fingerprint density at radius 3 is 2.19 bits per heavy atom. The van der Waals surface area contributed by atoms with Crippen LogP contribution in [0.5, 0.6) is 5.75 Å². The molecular formula is C10H11F3N2O. The monoisotopic (exact) mass is 232 g/mol. The van der Waals surface area contributed by atoms with Crippen molar-refractivity contribution in [3.05, 3.63) is 29.8 Å². The van der Waals surface area contributed by atoms with Crippen molar-refractivity contribution >= 4 is 5.84 Å². The van der Waals surface area contributed by atoms with E-state index in [1.807, 2.05) is 0 Å². The fourth-order valence-electron chi connectivity index (χ4n) is 0.984. The molecule has 1 aromatic rings. The zero-order valence-corrected chi connectivity index (χ0v) is 8.51. The molecule has 3 nitrogen and oxygen atoms in total. The van der Waals surface area contributed by atoms with Crippen LogP contribution in [0.1, 0.15) is 12.5 Å². The SMILES string of the molecule is CC(Oc1ccc(C(=N)N)cc1)C(F)(F)F. The summed E-state index contributed by atoms with van der Waals surface area (Å²) in [4.78, 5) is 0. The third-order valence-corrected chi connectivity index (χ3v) is 1.94. The minimum atomic E-state index is -4.39. The van der Waals surface area contributed by atoms with Crippen LogP contribution in [0.25, 0.3) is 0 Å². The lowest BCUT2D eigenvalue weighted by molar-refractivity contribution is -0.189. The fraction of sp³-hybridized carbons (Fsp3) is 0.300. The maximum atomic E-state index is 12.2. The number of hydrogen-bond donors (Lipinski definition) is 2. The second kappa shape index (κ2) is 4.42. The van der Waals surface area contributed by atoms with Gasteiger partial charge in [-0.15, -0.1) is 0 Å². The molecule has 0 aliphatic carbocycles. The summed E-state index contributed by atoms with van der Waals surface area (Å²) in [7, 11) is 0. The standard InChI is InChI=1S/C10H11F3N2O/c1-6(10(11,12)13)16-8-4-2-7(3-5-8)9(14)15/h2-6H,1H3,(H3,14,15). The molecule has 0 aromatic heterocycles. The normalized spacial score (nSPS) is 13.2. The molecule has 0 amide bonds. The van der Waals surface area contributed by atoms with Crippen LogP contribution in [0.4, 0.5) is 13.2 Å². The Kier molecular flexibility index (Phi) is 3.41. The predicted octanol–water partition coefficient (Wildman–Crippen LogP) is 2.30. The number of amidine groups is 1. The van der Waals surface area contributed by atoms with Gasteiger partial charge in [0, 0.05) is 5.56 Å². The second-order valence-electron chi connectivity index (χ2n) is 3.24. The molecule has 0 fully saturated rings. The molecule has 0 bridgehead atoms. The zero-order chi connectivity index (χ0) is 12.3. The zero-order valence-electron chi connectivity index (χ0n) is 8.51. The lowest BCUT2D eigenvalue weighted by Crippen LogP contribution is -2.31. The van der Waals surface area contributed by atoms with E-state index < -0.39 is 12.3 Å². The van der Waals surface area contributed by atoms with Crippen LogP contribution in [0.2, 0.25) is 0 Å². The Morgan fingerprint density at radius 2 is 1.81 bits per heavy atom. The van der Waals surface area contributed by atoms with E-state index in [1.165, 1.54) is 24.3 Å². The molecule has 6 heteroatoms. The highest BCUT2D eigenvalue weighted by atomic mass is 19.4. The Morgan fingerprint density at radius 1 is 1.31 bits per heavy atom. The van der Waals surface area contributed by atoms with E-state index in [1.54, 1.807) is 0 Å². The van der Waals surface area contributed by atoms with E-state index in [-0.39, 0.29) is 11.6 Å². The van der Waals surface area contributed by atoms with E-state index in [9.17, 15) is 13.2 Å². The van der Waals surface area contributed by atoms with Crippen molar-refractivity contribution in [3.8, 4) is 5.75 Å². The van der Waals surface area contributed by atoms with Crippen molar-refractivity contribution in [2.45, 2.75) is 19.2 Å². The Labute approximate surface area is 90.5 Å². The van der Waals surface area contributed by atoms with Gasteiger partial charge in [-0.3, -0.25) is 5.41 Å². The van der Waals surface area contributed by atoms with E-state index in [2.05, 4.69) is 4.74 Å². The summed E-state index contributed by atoms with van der Waals surface area (Å²) in [5.74, 6) is -0.0507. The first-order valence-electron chi connectivity index (χ1n) is 4.48. The van der Waals surface area contributed by atoms with Crippen molar-refractivity contribution in [3.63, 3.8) is 0 Å². The summed E-state index contributed by atoms with van der Waals surface area (Å²) in [5, 5.41) is 7.10. The highest BCUT2D eigenvalue weighted by Crippen LogP contribution is 2.24. The van der Waals surface area contributed by atoms with Crippen LogP contribution in [0, 0.1) is 5.41 Å². The number of ether oxygens (including phenoxy) is 1. The molecule has 3 N–H and O–H groups in total. The summed E-state index contributed by atoms with van der Waals surface area (Å²) in [6.07, 6.45) is -6.25. The molecular weight excluding hydrogens is 221 g/mol. The summed E-state index contributed by atoms with van der Waals surface area (Å²) >= 11 is 0. The number of nitrogen functional groups attached to an aromatic ring is 1. The molecule has 0 heterocycles. The first kappa shape index (κ1) is 12.4. The average molecular weight is 232 g/mol. The van der Waals surface area contributed by atoms with Gasteiger partial charge in [-0.2, -0.15) is 13.2 Å². The van der Waals surface area contributed by atoms with Crippen LogP contribution < -0.4 is 10.5 Å². The van der Waals surface area contributed by atoms with Crippen LogP contribution in [0.15, 0.2) is 24.3 Å². The molecule has 0 aliphatic rings. The van der Waals surface area contributed by atoms with Gasteiger partial charge in [-0.25, -0.2) is 0 Å². The number of nitrogens with two attached hydrogens (primary N) is 1. The van der Waals surface area contributed by atoms with Gasteiger partial charge in [0.1, 0.15) is 11.6 Å². The Balaban J connectivity index is 2.73. The largest absolute Gasteiger partial charge is 0.481 e. The Bertz CT molecular complexity index is 373. The molecule has 88 valence electrons. The molecule has 0 saturated heterocycles. The number of halogens is 3. The molecule has 1 atom stereocenters. The topological polar surface area (TPSA) is 59.1 Å². The highest BCUT2D eigenvalue weighted by Gasteiger charge is 2.37. The third kappa shape index (κ3) is 3.15. The van der Waals surface area contributed by atoms with Crippen LogP contribution in [-0.2, 0) is 0 Å².